The van der Waals surface area contributed by atoms with Gasteiger partial charge in [0, 0.05) is 37.5 Å². The van der Waals surface area contributed by atoms with Gasteiger partial charge in [0.1, 0.15) is 17.1 Å². The summed E-state index contributed by atoms with van der Waals surface area (Å²) in [6.07, 6.45) is 5.80. The molecule has 32 heavy (non-hydrogen) atoms. The zero-order valence-electron chi connectivity index (χ0n) is 20.1. The average molecular weight is 443 g/mol. The van der Waals surface area contributed by atoms with Crippen LogP contribution in [-0.4, -0.2) is 67.2 Å². The van der Waals surface area contributed by atoms with Crippen molar-refractivity contribution in [1.29, 1.82) is 0 Å². The fourth-order valence-corrected chi connectivity index (χ4v) is 6.52. The van der Waals surface area contributed by atoms with Gasteiger partial charge in [0.15, 0.2) is 0 Å². The number of ether oxygens (including phenoxy) is 3. The van der Waals surface area contributed by atoms with Crippen LogP contribution in [0.4, 0.5) is 0 Å². The van der Waals surface area contributed by atoms with Crippen LogP contribution in [0.1, 0.15) is 64.5 Å². The predicted octanol–water partition coefficient (Wildman–Crippen LogP) is 4.04. The molecule has 0 N–H and O–H groups in total. The summed E-state index contributed by atoms with van der Waals surface area (Å²) < 4.78 is 18.6. The molecule has 2 atom stereocenters. The van der Waals surface area contributed by atoms with Crippen molar-refractivity contribution >= 4 is 5.91 Å². The van der Waals surface area contributed by atoms with Crippen molar-refractivity contribution < 1.29 is 19.0 Å². The topological polar surface area (TPSA) is 51.2 Å². The number of methoxy groups -OCH3 is 1. The first-order valence-electron chi connectivity index (χ1n) is 12.3. The van der Waals surface area contributed by atoms with E-state index >= 15 is 0 Å². The van der Waals surface area contributed by atoms with Crippen LogP contribution < -0.4 is 9.47 Å². The maximum Gasteiger partial charge on any atom is 0.219 e. The molecule has 0 bridgehead atoms. The first-order chi connectivity index (χ1) is 15.3. The summed E-state index contributed by atoms with van der Waals surface area (Å²) in [5, 5.41) is 0. The number of hydrogen-bond acceptors (Lipinski definition) is 5. The highest BCUT2D eigenvalue weighted by atomic mass is 16.5. The van der Waals surface area contributed by atoms with Crippen molar-refractivity contribution in [2.75, 3.05) is 39.9 Å². The maximum absolute atomic E-state index is 11.6. The van der Waals surface area contributed by atoms with Gasteiger partial charge in [-0.3, -0.25) is 4.79 Å². The van der Waals surface area contributed by atoms with E-state index in [0.29, 0.717) is 12.0 Å². The van der Waals surface area contributed by atoms with E-state index in [1.807, 2.05) is 17.0 Å². The number of likely N-dealkylation sites (tertiary alicyclic amines) is 2. The summed E-state index contributed by atoms with van der Waals surface area (Å²) in [6.45, 7) is 11.0. The minimum absolute atomic E-state index is 0.0726. The van der Waals surface area contributed by atoms with Gasteiger partial charge in [-0.25, -0.2) is 0 Å². The van der Waals surface area contributed by atoms with E-state index in [1.165, 1.54) is 12.8 Å². The van der Waals surface area contributed by atoms with Crippen molar-refractivity contribution in [2.24, 2.45) is 11.3 Å². The lowest BCUT2D eigenvalue weighted by Crippen LogP contribution is -2.56. The van der Waals surface area contributed by atoms with E-state index < -0.39 is 0 Å². The monoisotopic (exact) mass is 442 g/mol. The van der Waals surface area contributed by atoms with Gasteiger partial charge in [-0.15, -0.1) is 0 Å². The molecule has 0 radical (unpaired) electrons. The van der Waals surface area contributed by atoms with E-state index in [-0.39, 0.29) is 23.0 Å². The summed E-state index contributed by atoms with van der Waals surface area (Å²) in [4.78, 5) is 16.3. The highest BCUT2D eigenvalue weighted by Gasteiger charge is 2.53. The second kappa shape index (κ2) is 8.21. The normalized spacial score (nSPS) is 29.7. The molecule has 0 aliphatic carbocycles. The molecule has 0 unspecified atom stereocenters. The van der Waals surface area contributed by atoms with Crippen LogP contribution in [0.25, 0.3) is 0 Å². The van der Waals surface area contributed by atoms with Crippen molar-refractivity contribution in [2.45, 2.75) is 70.6 Å². The summed E-state index contributed by atoms with van der Waals surface area (Å²) in [5.74, 6) is 2.34. The number of amides is 1. The fraction of sp³-hybridized carbons (Fsp3) is 0.731. The number of carbonyl (C=O) groups excluding carboxylic acids is 1. The second-order valence-corrected chi connectivity index (χ2v) is 10.9. The maximum atomic E-state index is 11.6. The highest BCUT2D eigenvalue weighted by molar-refractivity contribution is 5.73. The van der Waals surface area contributed by atoms with Crippen molar-refractivity contribution in [1.82, 2.24) is 9.80 Å². The minimum atomic E-state index is -0.254. The van der Waals surface area contributed by atoms with E-state index in [1.54, 1.807) is 14.0 Å². The van der Waals surface area contributed by atoms with Gasteiger partial charge < -0.3 is 24.0 Å². The quantitative estimate of drug-likeness (QED) is 0.692. The summed E-state index contributed by atoms with van der Waals surface area (Å²) >= 11 is 0. The highest BCUT2D eigenvalue weighted by Crippen LogP contribution is 2.56. The average Bonchev–Trinajstić information content (AvgIpc) is 2.79. The lowest BCUT2D eigenvalue weighted by Gasteiger charge is -2.55. The van der Waals surface area contributed by atoms with Gasteiger partial charge in [-0.05, 0) is 82.7 Å². The standard InChI is InChI=1S/C26H38N2O4/c1-18(29)27-11-7-19(8-12-27)28-13-9-26(10-14-28)16-22-24(31-17-26)21-15-20(30-4)5-6-23(21)32-25(22,2)3/h5-6,15,19,22,24H,7-14,16-17H2,1-4H3/t22-,24+/m0/s1. The Bertz CT molecular complexity index is 853. The Morgan fingerprint density at radius 1 is 1.12 bits per heavy atom. The van der Waals surface area contributed by atoms with E-state index in [9.17, 15) is 4.79 Å². The van der Waals surface area contributed by atoms with Gasteiger partial charge in [-0.1, -0.05) is 0 Å². The summed E-state index contributed by atoms with van der Waals surface area (Å²) in [5.41, 5.74) is 1.13. The SMILES string of the molecule is COc1ccc2c(c1)[C@H]1OCC3(CCN(C4CCN(C(C)=O)CC4)CC3)C[C@@H]1C(C)(C)O2. The van der Waals surface area contributed by atoms with Crippen molar-refractivity contribution in [3.05, 3.63) is 23.8 Å². The van der Waals surface area contributed by atoms with Crippen LogP contribution in [0.2, 0.25) is 0 Å². The zero-order valence-corrected chi connectivity index (χ0v) is 20.1. The number of rotatable bonds is 2. The lowest BCUT2D eigenvalue weighted by molar-refractivity contribution is -0.176. The first-order valence-corrected chi connectivity index (χ1v) is 12.3. The molecular formula is C26H38N2O4. The van der Waals surface area contributed by atoms with E-state index in [4.69, 9.17) is 14.2 Å². The Morgan fingerprint density at radius 3 is 2.50 bits per heavy atom. The lowest BCUT2D eigenvalue weighted by atomic mass is 9.64. The van der Waals surface area contributed by atoms with Gasteiger partial charge in [-0.2, -0.15) is 0 Å². The van der Waals surface area contributed by atoms with Crippen molar-refractivity contribution in [3.8, 4) is 11.5 Å². The number of nitrogens with zero attached hydrogens (tertiary/aromatic N) is 2. The van der Waals surface area contributed by atoms with E-state index in [0.717, 1.165) is 69.1 Å². The molecule has 3 fully saturated rings. The third-order valence-corrected chi connectivity index (χ3v) is 8.66. The molecule has 176 valence electrons. The molecule has 6 heteroatoms. The Morgan fingerprint density at radius 2 is 1.84 bits per heavy atom. The molecule has 4 aliphatic heterocycles. The van der Waals surface area contributed by atoms with Gasteiger partial charge in [0.25, 0.3) is 0 Å². The molecule has 1 aromatic rings. The molecule has 6 nitrogen and oxygen atoms in total. The van der Waals surface area contributed by atoms with Crippen LogP contribution >= 0.6 is 0 Å². The van der Waals surface area contributed by atoms with Crippen LogP contribution in [0.15, 0.2) is 18.2 Å². The Balaban J connectivity index is 1.26. The molecule has 4 aliphatic rings. The van der Waals surface area contributed by atoms with Crippen LogP contribution in [0, 0.1) is 11.3 Å². The number of piperidine rings is 2. The molecule has 0 saturated carbocycles. The van der Waals surface area contributed by atoms with Gasteiger partial charge in [0.2, 0.25) is 5.91 Å². The number of carbonyl (C=O) groups is 1. The molecule has 4 heterocycles. The number of benzene rings is 1. The molecule has 0 aromatic heterocycles. The number of hydrogen-bond donors (Lipinski definition) is 0. The van der Waals surface area contributed by atoms with Crippen LogP contribution in [0.3, 0.4) is 0 Å². The molecule has 1 spiro atoms. The second-order valence-electron chi connectivity index (χ2n) is 10.9. The molecule has 1 aromatic carbocycles. The predicted molar refractivity (Wildman–Crippen MR) is 123 cm³/mol. The summed E-state index contributed by atoms with van der Waals surface area (Å²) in [7, 11) is 1.71. The number of fused-ring (bicyclic) bond motifs is 3. The summed E-state index contributed by atoms with van der Waals surface area (Å²) in [6, 6.07) is 6.70. The van der Waals surface area contributed by atoms with E-state index in [2.05, 4.69) is 24.8 Å². The smallest absolute Gasteiger partial charge is 0.219 e. The molecule has 1 amide bonds. The Kier molecular flexibility index (Phi) is 5.65. The van der Waals surface area contributed by atoms with Crippen LogP contribution in [0.5, 0.6) is 11.5 Å². The molecule has 3 saturated heterocycles. The Labute approximate surface area is 192 Å². The van der Waals surface area contributed by atoms with Gasteiger partial charge in [0.05, 0.1) is 19.8 Å². The molecule has 5 rings (SSSR count). The Hall–Kier alpha value is -1.79. The van der Waals surface area contributed by atoms with Crippen molar-refractivity contribution in [3.63, 3.8) is 0 Å². The van der Waals surface area contributed by atoms with Crippen LogP contribution in [-0.2, 0) is 9.53 Å². The zero-order chi connectivity index (χ0) is 22.5. The largest absolute Gasteiger partial charge is 0.497 e. The molecular weight excluding hydrogens is 404 g/mol. The fourth-order valence-electron chi connectivity index (χ4n) is 6.52. The minimum Gasteiger partial charge on any atom is -0.497 e. The third kappa shape index (κ3) is 3.90. The first kappa shape index (κ1) is 22.0. The van der Waals surface area contributed by atoms with Gasteiger partial charge >= 0.3 is 0 Å². The third-order valence-electron chi connectivity index (χ3n) is 8.66.